The van der Waals surface area contributed by atoms with Crippen molar-refractivity contribution in [1.29, 1.82) is 0 Å². The summed E-state index contributed by atoms with van der Waals surface area (Å²) in [5.41, 5.74) is 1.47. The fourth-order valence-corrected chi connectivity index (χ4v) is 3.43. The lowest BCUT2D eigenvalue weighted by Crippen LogP contribution is -2.50. The van der Waals surface area contributed by atoms with Crippen LogP contribution in [0.2, 0.25) is 0 Å². The number of β-amino-alcohol motifs (C(OH)–C–C–N with tert-alkyl or cyclic N) is 1. The molecule has 0 spiro atoms. The Balaban J connectivity index is 1.48. The van der Waals surface area contributed by atoms with Crippen molar-refractivity contribution in [2.24, 2.45) is 11.8 Å². The summed E-state index contributed by atoms with van der Waals surface area (Å²) >= 11 is 0. The topological polar surface area (TPSA) is 44.3 Å². The molecule has 104 valence electrons. The molecule has 1 saturated carbocycles. The molecule has 0 amide bonds. The first kappa shape index (κ1) is 13.1. The molecule has 1 aliphatic carbocycles. The fourth-order valence-electron chi connectivity index (χ4n) is 3.43. The van der Waals surface area contributed by atoms with Crippen LogP contribution < -0.4 is 10.6 Å². The lowest BCUT2D eigenvalue weighted by Gasteiger charge is -2.44. The van der Waals surface area contributed by atoms with Crippen LogP contribution in [0.3, 0.4) is 0 Å². The van der Waals surface area contributed by atoms with Gasteiger partial charge in [-0.15, -0.1) is 0 Å². The molecule has 2 aliphatic rings. The Bertz CT molecular complexity index is 408. The van der Waals surface area contributed by atoms with Gasteiger partial charge in [0.25, 0.3) is 0 Å². The fraction of sp³-hybridized carbons (Fsp3) is 0.625. The summed E-state index contributed by atoms with van der Waals surface area (Å²) in [6, 6.07) is 11.4. The number of hydrogen-bond acceptors (Lipinski definition) is 3. The van der Waals surface area contributed by atoms with Gasteiger partial charge in [0.05, 0.1) is 6.10 Å². The minimum atomic E-state index is -0.173. The molecule has 0 bridgehead atoms. The number of nitrogens with one attached hydrogen (secondary N) is 2. The highest BCUT2D eigenvalue weighted by Crippen LogP contribution is 2.42. The summed E-state index contributed by atoms with van der Waals surface area (Å²) in [5.74, 6) is 1.77. The molecule has 3 rings (SSSR count). The summed E-state index contributed by atoms with van der Waals surface area (Å²) in [6.45, 7) is 4.96. The van der Waals surface area contributed by atoms with E-state index >= 15 is 0 Å². The van der Waals surface area contributed by atoms with E-state index in [0.29, 0.717) is 23.8 Å². The standard InChI is InChI=1S/C16H24N2O/c1-11-14(12-5-3-2-4-6-12)7-15(11)18-9-13-8-17-10-16(13)19/h2-6,11,13-19H,7-10H2,1H3. The summed E-state index contributed by atoms with van der Waals surface area (Å²) in [6.07, 6.45) is 1.05. The van der Waals surface area contributed by atoms with Crippen LogP contribution in [0.15, 0.2) is 30.3 Å². The van der Waals surface area contributed by atoms with Crippen molar-refractivity contribution in [2.45, 2.75) is 31.4 Å². The highest BCUT2D eigenvalue weighted by atomic mass is 16.3. The van der Waals surface area contributed by atoms with E-state index in [1.807, 2.05) is 0 Å². The summed E-state index contributed by atoms with van der Waals surface area (Å²) < 4.78 is 0. The van der Waals surface area contributed by atoms with Gasteiger partial charge in [0.2, 0.25) is 0 Å². The normalized spacial score (nSPS) is 38.1. The van der Waals surface area contributed by atoms with Crippen molar-refractivity contribution in [3.8, 4) is 0 Å². The Hall–Kier alpha value is -0.900. The van der Waals surface area contributed by atoms with Gasteiger partial charge >= 0.3 is 0 Å². The van der Waals surface area contributed by atoms with Gasteiger partial charge in [0.15, 0.2) is 0 Å². The molecule has 19 heavy (non-hydrogen) atoms. The van der Waals surface area contributed by atoms with Crippen LogP contribution in [0, 0.1) is 11.8 Å². The molecule has 3 nitrogen and oxygen atoms in total. The molecule has 0 aromatic heterocycles. The minimum absolute atomic E-state index is 0.173. The van der Waals surface area contributed by atoms with Crippen LogP contribution in [-0.4, -0.2) is 36.9 Å². The van der Waals surface area contributed by atoms with Crippen LogP contribution in [0.5, 0.6) is 0 Å². The van der Waals surface area contributed by atoms with Gasteiger partial charge in [-0.2, -0.15) is 0 Å². The summed E-state index contributed by atoms with van der Waals surface area (Å²) in [5, 5.41) is 16.7. The Morgan fingerprint density at radius 3 is 2.68 bits per heavy atom. The van der Waals surface area contributed by atoms with Gasteiger partial charge in [-0.3, -0.25) is 0 Å². The predicted molar refractivity (Wildman–Crippen MR) is 77.1 cm³/mol. The Morgan fingerprint density at radius 2 is 2.05 bits per heavy atom. The molecule has 1 saturated heterocycles. The number of rotatable bonds is 4. The number of aliphatic hydroxyl groups is 1. The summed E-state index contributed by atoms with van der Waals surface area (Å²) in [4.78, 5) is 0. The zero-order valence-corrected chi connectivity index (χ0v) is 11.5. The first-order valence-corrected chi connectivity index (χ1v) is 7.43. The molecule has 1 heterocycles. The average molecular weight is 260 g/mol. The van der Waals surface area contributed by atoms with E-state index in [-0.39, 0.29) is 6.10 Å². The highest BCUT2D eigenvalue weighted by Gasteiger charge is 2.38. The second-order valence-corrected chi connectivity index (χ2v) is 6.11. The number of benzene rings is 1. The van der Waals surface area contributed by atoms with Crippen LogP contribution >= 0.6 is 0 Å². The molecule has 5 unspecified atom stereocenters. The third-order valence-corrected chi connectivity index (χ3v) is 4.95. The third kappa shape index (κ3) is 2.69. The zero-order valence-electron chi connectivity index (χ0n) is 11.5. The smallest absolute Gasteiger partial charge is 0.0716 e. The summed E-state index contributed by atoms with van der Waals surface area (Å²) in [7, 11) is 0. The maximum Gasteiger partial charge on any atom is 0.0716 e. The number of aliphatic hydroxyl groups excluding tert-OH is 1. The molecule has 1 aliphatic heterocycles. The monoisotopic (exact) mass is 260 g/mol. The maximum atomic E-state index is 9.79. The first-order valence-electron chi connectivity index (χ1n) is 7.43. The largest absolute Gasteiger partial charge is 0.391 e. The van der Waals surface area contributed by atoms with Gasteiger partial charge < -0.3 is 15.7 Å². The van der Waals surface area contributed by atoms with E-state index < -0.39 is 0 Å². The number of hydrogen-bond donors (Lipinski definition) is 3. The zero-order chi connectivity index (χ0) is 13.2. The van der Waals surface area contributed by atoms with Crippen molar-refractivity contribution in [2.75, 3.05) is 19.6 Å². The molecule has 3 N–H and O–H groups in total. The first-order chi connectivity index (χ1) is 9.25. The molecular formula is C16H24N2O. The SMILES string of the molecule is CC1C(NCC2CNCC2O)CC1c1ccccc1. The van der Waals surface area contributed by atoms with Crippen molar-refractivity contribution in [3.63, 3.8) is 0 Å². The molecule has 2 fully saturated rings. The molecule has 3 heteroatoms. The van der Waals surface area contributed by atoms with Crippen LogP contribution in [-0.2, 0) is 0 Å². The lowest BCUT2D eigenvalue weighted by atomic mass is 9.67. The van der Waals surface area contributed by atoms with Gasteiger partial charge in [0.1, 0.15) is 0 Å². The Labute approximate surface area is 115 Å². The third-order valence-electron chi connectivity index (χ3n) is 4.95. The van der Waals surface area contributed by atoms with Gasteiger partial charge in [-0.25, -0.2) is 0 Å². The lowest BCUT2D eigenvalue weighted by molar-refractivity contribution is 0.127. The minimum Gasteiger partial charge on any atom is -0.391 e. The van der Waals surface area contributed by atoms with Crippen LogP contribution in [0.25, 0.3) is 0 Å². The van der Waals surface area contributed by atoms with E-state index in [0.717, 1.165) is 19.6 Å². The van der Waals surface area contributed by atoms with E-state index in [4.69, 9.17) is 0 Å². The molecule has 1 aromatic carbocycles. The van der Waals surface area contributed by atoms with Crippen LogP contribution in [0.4, 0.5) is 0 Å². The van der Waals surface area contributed by atoms with Crippen molar-refractivity contribution < 1.29 is 5.11 Å². The van der Waals surface area contributed by atoms with Gasteiger partial charge in [0, 0.05) is 31.6 Å². The van der Waals surface area contributed by atoms with Crippen molar-refractivity contribution in [1.82, 2.24) is 10.6 Å². The molecular weight excluding hydrogens is 236 g/mol. The van der Waals surface area contributed by atoms with Gasteiger partial charge in [-0.05, 0) is 23.8 Å². The van der Waals surface area contributed by atoms with Crippen LogP contribution in [0.1, 0.15) is 24.8 Å². The van der Waals surface area contributed by atoms with Gasteiger partial charge in [-0.1, -0.05) is 37.3 Å². The maximum absolute atomic E-state index is 9.79. The Morgan fingerprint density at radius 1 is 1.26 bits per heavy atom. The molecule has 1 aromatic rings. The average Bonchev–Trinajstić information content (AvgIpc) is 2.84. The van der Waals surface area contributed by atoms with E-state index in [1.54, 1.807) is 0 Å². The highest BCUT2D eigenvalue weighted by molar-refractivity contribution is 5.24. The van der Waals surface area contributed by atoms with E-state index in [1.165, 1.54) is 12.0 Å². The quantitative estimate of drug-likeness (QED) is 0.765. The van der Waals surface area contributed by atoms with Crippen molar-refractivity contribution >= 4 is 0 Å². The second-order valence-electron chi connectivity index (χ2n) is 6.11. The Kier molecular flexibility index (Phi) is 3.87. The predicted octanol–water partition coefficient (Wildman–Crippen LogP) is 1.35. The van der Waals surface area contributed by atoms with Crippen molar-refractivity contribution in [3.05, 3.63) is 35.9 Å². The van der Waals surface area contributed by atoms with E-state index in [9.17, 15) is 5.11 Å². The molecule has 5 atom stereocenters. The second kappa shape index (κ2) is 5.61. The van der Waals surface area contributed by atoms with E-state index in [2.05, 4.69) is 47.9 Å². The molecule has 0 radical (unpaired) electrons.